The fourth-order valence-corrected chi connectivity index (χ4v) is 1.82. The topological polar surface area (TPSA) is 62.2 Å². The van der Waals surface area contributed by atoms with Gasteiger partial charge in [-0.1, -0.05) is 11.6 Å². The van der Waals surface area contributed by atoms with Crippen molar-refractivity contribution < 1.29 is 9.90 Å². The third-order valence-corrected chi connectivity index (χ3v) is 2.69. The first-order valence-corrected chi connectivity index (χ1v) is 5.67. The molecule has 0 aliphatic rings. The molecule has 1 aromatic carbocycles. The molecule has 0 saturated carbocycles. The Morgan fingerprint density at radius 1 is 1.50 bits per heavy atom. The summed E-state index contributed by atoms with van der Waals surface area (Å²) >= 11 is 7.00. The zero-order valence-corrected chi connectivity index (χ0v) is 9.55. The molecule has 82 valence electrons. The van der Waals surface area contributed by atoms with Crippen LogP contribution in [0.5, 0.6) is 5.75 Å². The summed E-state index contributed by atoms with van der Waals surface area (Å²) in [6.45, 7) is 0. The number of hydrogen-bond acceptors (Lipinski definition) is 4. The van der Waals surface area contributed by atoms with Crippen LogP contribution in [0.1, 0.15) is 10.5 Å². The van der Waals surface area contributed by atoms with Crippen molar-refractivity contribution >= 4 is 34.5 Å². The van der Waals surface area contributed by atoms with E-state index in [1.54, 1.807) is 17.0 Å². The molecule has 1 aromatic heterocycles. The number of aromatic nitrogens is 1. The monoisotopic (exact) mass is 254 g/mol. The Bertz CT molecular complexity index is 514. The number of phenols is 1. The van der Waals surface area contributed by atoms with Crippen LogP contribution >= 0.6 is 22.9 Å². The summed E-state index contributed by atoms with van der Waals surface area (Å²) in [7, 11) is 0. The first-order valence-electron chi connectivity index (χ1n) is 4.35. The molecule has 0 saturated heterocycles. The van der Waals surface area contributed by atoms with Crippen molar-refractivity contribution in [2.45, 2.75) is 0 Å². The number of carbonyl (C=O) groups excluding carboxylic acids is 1. The summed E-state index contributed by atoms with van der Waals surface area (Å²) in [5, 5.41) is 14.1. The number of aromatic hydroxyl groups is 1. The average molecular weight is 255 g/mol. The molecule has 0 radical (unpaired) electrons. The molecule has 0 fully saturated rings. The standard InChI is InChI=1S/C10H7ClN2O2S/c11-6-1-2-7(9(14)3-6)13-10(15)8-4-16-5-12-8/h1-5,14H,(H,13,15). The SMILES string of the molecule is O=C(Nc1ccc(Cl)cc1O)c1cscn1. The molecule has 1 amide bonds. The number of phenolic OH excluding ortho intramolecular Hbond substituents is 1. The maximum Gasteiger partial charge on any atom is 0.275 e. The summed E-state index contributed by atoms with van der Waals surface area (Å²) in [6.07, 6.45) is 0. The van der Waals surface area contributed by atoms with Crippen molar-refractivity contribution in [3.05, 3.63) is 39.8 Å². The number of halogens is 1. The lowest BCUT2D eigenvalue weighted by Crippen LogP contribution is -2.12. The minimum Gasteiger partial charge on any atom is -0.506 e. The number of rotatable bonds is 2. The van der Waals surface area contributed by atoms with Gasteiger partial charge in [0.15, 0.2) is 0 Å². The highest BCUT2D eigenvalue weighted by Crippen LogP contribution is 2.26. The summed E-state index contributed by atoms with van der Waals surface area (Å²) in [4.78, 5) is 15.5. The molecule has 0 unspecified atom stereocenters. The highest BCUT2D eigenvalue weighted by atomic mass is 35.5. The molecular weight excluding hydrogens is 248 g/mol. The number of nitrogens with one attached hydrogen (secondary N) is 1. The van der Waals surface area contributed by atoms with Crippen LogP contribution in [0.3, 0.4) is 0 Å². The lowest BCUT2D eigenvalue weighted by Gasteiger charge is -2.05. The van der Waals surface area contributed by atoms with E-state index >= 15 is 0 Å². The molecule has 6 heteroatoms. The third kappa shape index (κ3) is 2.32. The Hall–Kier alpha value is -1.59. The lowest BCUT2D eigenvalue weighted by molar-refractivity contribution is 0.102. The van der Waals surface area contributed by atoms with Gasteiger partial charge < -0.3 is 10.4 Å². The molecule has 0 spiro atoms. The summed E-state index contributed by atoms with van der Waals surface area (Å²) in [5.41, 5.74) is 2.19. The molecule has 2 rings (SSSR count). The van der Waals surface area contributed by atoms with Gasteiger partial charge in [0.2, 0.25) is 0 Å². The van der Waals surface area contributed by atoms with Gasteiger partial charge in [0.05, 0.1) is 11.2 Å². The number of nitrogens with zero attached hydrogens (tertiary/aromatic N) is 1. The van der Waals surface area contributed by atoms with Crippen LogP contribution in [0, 0.1) is 0 Å². The van der Waals surface area contributed by atoms with Crippen LogP contribution in [0.4, 0.5) is 5.69 Å². The Balaban J connectivity index is 2.18. The number of anilines is 1. The van der Waals surface area contributed by atoms with E-state index in [-0.39, 0.29) is 11.7 Å². The van der Waals surface area contributed by atoms with E-state index in [0.29, 0.717) is 16.4 Å². The number of amides is 1. The Morgan fingerprint density at radius 2 is 2.31 bits per heavy atom. The van der Waals surface area contributed by atoms with E-state index < -0.39 is 0 Å². The van der Waals surface area contributed by atoms with Gasteiger partial charge in [0.25, 0.3) is 5.91 Å². The van der Waals surface area contributed by atoms with E-state index in [9.17, 15) is 9.90 Å². The van der Waals surface area contributed by atoms with E-state index in [1.165, 1.54) is 23.5 Å². The number of thiazole rings is 1. The van der Waals surface area contributed by atoms with Gasteiger partial charge in [0.1, 0.15) is 11.4 Å². The number of benzene rings is 1. The maximum absolute atomic E-state index is 11.6. The van der Waals surface area contributed by atoms with Crippen molar-refractivity contribution in [1.82, 2.24) is 4.98 Å². The predicted molar refractivity (Wildman–Crippen MR) is 63.2 cm³/mol. The first kappa shape index (κ1) is 10.9. The van der Waals surface area contributed by atoms with Crippen molar-refractivity contribution in [2.24, 2.45) is 0 Å². The second kappa shape index (κ2) is 4.51. The predicted octanol–water partition coefficient (Wildman–Crippen LogP) is 2.75. The van der Waals surface area contributed by atoms with Gasteiger partial charge in [-0.3, -0.25) is 4.79 Å². The van der Waals surface area contributed by atoms with Crippen molar-refractivity contribution in [3.8, 4) is 5.75 Å². The van der Waals surface area contributed by atoms with E-state index in [0.717, 1.165) is 0 Å². The fourth-order valence-electron chi connectivity index (χ4n) is 1.12. The number of carbonyl (C=O) groups is 1. The van der Waals surface area contributed by atoms with Crippen LogP contribution in [0.15, 0.2) is 29.1 Å². The molecule has 0 bridgehead atoms. The molecule has 0 aliphatic heterocycles. The largest absolute Gasteiger partial charge is 0.506 e. The van der Waals surface area contributed by atoms with E-state index in [1.807, 2.05) is 0 Å². The molecule has 0 atom stereocenters. The molecule has 2 N–H and O–H groups in total. The normalized spacial score (nSPS) is 10.1. The summed E-state index contributed by atoms with van der Waals surface area (Å²) < 4.78 is 0. The van der Waals surface area contributed by atoms with Crippen LogP contribution in [-0.2, 0) is 0 Å². The zero-order valence-electron chi connectivity index (χ0n) is 7.98. The highest BCUT2D eigenvalue weighted by molar-refractivity contribution is 7.07. The smallest absolute Gasteiger partial charge is 0.275 e. The molecule has 4 nitrogen and oxygen atoms in total. The molecule has 16 heavy (non-hydrogen) atoms. The second-order valence-electron chi connectivity index (χ2n) is 2.99. The van der Waals surface area contributed by atoms with E-state index in [2.05, 4.69) is 10.3 Å². The van der Waals surface area contributed by atoms with Crippen LogP contribution in [0.2, 0.25) is 5.02 Å². The van der Waals surface area contributed by atoms with E-state index in [4.69, 9.17) is 11.6 Å². The molecule has 2 aromatic rings. The lowest BCUT2D eigenvalue weighted by atomic mass is 10.3. The van der Waals surface area contributed by atoms with Gasteiger partial charge in [-0.15, -0.1) is 11.3 Å². The quantitative estimate of drug-likeness (QED) is 0.810. The average Bonchev–Trinajstić information content (AvgIpc) is 2.75. The molecule has 1 heterocycles. The van der Waals surface area contributed by atoms with Crippen molar-refractivity contribution in [3.63, 3.8) is 0 Å². The fraction of sp³-hybridized carbons (Fsp3) is 0. The van der Waals surface area contributed by atoms with Crippen molar-refractivity contribution in [2.75, 3.05) is 5.32 Å². The maximum atomic E-state index is 11.6. The van der Waals surface area contributed by atoms with Crippen LogP contribution < -0.4 is 5.32 Å². The minimum atomic E-state index is -0.362. The van der Waals surface area contributed by atoms with Crippen LogP contribution in [0.25, 0.3) is 0 Å². The minimum absolute atomic E-state index is 0.0731. The first-order chi connectivity index (χ1) is 7.66. The Morgan fingerprint density at radius 3 is 2.94 bits per heavy atom. The van der Waals surface area contributed by atoms with Gasteiger partial charge in [-0.05, 0) is 12.1 Å². The zero-order chi connectivity index (χ0) is 11.5. The summed E-state index contributed by atoms with van der Waals surface area (Å²) in [5.74, 6) is -0.435. The summed E-state index contributed by atoms with van der Waals surface area (Å²) in [6, 6.07) is 4.47. The van der Waals surface area contributed by atoms with Gasteiger partial charge in [0, 0.05) is 16.5 Å². The number of hydrogen-bond donors (Lipinski definition) is 2. The van der Waals surface area contributed by atoms with Gasteiger partial charge in [-0.25, -0.2) is 4.98 Å². The van der Waals surface area contributed by atoms with Crippen LogP contribution in [-0.4, -0.2) is 16.0 Å². The molecule has 0 aliphatic carbocycles. The van der Waals surface area contributed by atoms with Gasteiger partial charge in [-0.2, -0.15) is 0 Å². The third-order valence-electron chi connectivity index (χ3n) is 1.87. The highest BCUT2D eigenvalue weighted by Gasteiger charge is 2.10. The Labute approximate surface area is 101 Å². The second-order valence-corrected chi connectivity index (χ2v) is 4.14. The Kier molecular flexibility index (Phi) is 3.07. The van der Waals surface area contributed by atoms with Gasteiger partial charge >= 0.3 is 0 Å². The van der Waals surface area contributed by atoms with Crippen molar-refractivity contribution in [1.29, 1.82) is 0 Å². The molecular formula is C10H7ClN2O2S.